The summed E-state index contributed by atoms with van der Waals surface area (Å²) < 4.78 is 0. The van der Waals surface area contributed by atoms with E-state index in [0.29, 0.717) is 29.0 Å². The van der Waals surface area contributed by atoms with Gasteiger partial charge in [0.1, 0.15) is 5.69 Å². The summed E-state index contributed by atoms with van der Waals surface area (Å²) in [5.41, 5.74) is 1.36. The van der Waals surface area contributed by atoms with Crippen LogP contribution in [0, 0.1) is 34.5 Å². The standard InChI is InChI=1S/C28H26N4O4/c29-14-15-4-5-21(20(9-15)26(34)35)31-25(33)23-10-19-2-1-3-22(24(19)30-23)32-27(36)28-11-16-6-17(12-28)8-18(7-16)13-28/h1-5,9-10,16-18,30H,6-8,11-13H2,(H,31,33)(H,32,36)(H,34,35). The zero-order valence-corrected chi connectivity index (χ0v) is 19.6. The van der Waals surface area contributed by atoms with Crippen molar-refractivity contribution in [2.24, 2.45) is 23.2 Å². The molecule has 182 valence electrons. The third-order valence-corrected chi connectivity index (χ3v) is 8.30. The van der Waals surface area contributed by atoms with Crippen LogP contribution in [0.1, 0.15) is 64.9 Å². The average Bonchev–Trinajstić information content (AvgIpc) is 3.29. The van der Waals surface area contributed by atoms with Gasteiger partial charge in [-0.3, -0.25) is 9.59 Å². The van der Waals surface area contributed by atoms with Crippen LogP contribution in [-0.4, -0.2) is 27.9 Å². The van der Waals surface area contributed by atoms with Gasteiger partial charge in [0.05, 0.1) is 39.5 Å². The molecular weight excluding hydrogens is 456 g/mol. The number of hydrogen-bond acceptors (Lipinski definition) is 4. The molecule has 0 atom stereocenters. The van der Waals surface area contributed by atoms with Crippen molar-refractivity contribution >= 4 is 40.1 Å². The molecule has 2 amide bonds. The molecule has 1 heterocycles. The number of nitrogens with zero attached hydrogens (tertiary/aromatic N) is 1. The smallest absolute Gasteiger partial charge is 0.337 e. The summed E-state index contributed by atoms with van der Waals surface area (Å²) in [6.07, 6.45) is 6.70. The molecule has 4 N–H and O–H groups in total. The van der Waals surface area contributed by atoms with Crippen molar-refractivity contribution in [3.8, 4) is 6.07 Å². The highest BCUT2D eigenvalue weighted by Gasteiger charge is 2.54. The monoisotopic (exact) mass is 482 g/mol. The zero-order chi connectivity index (χ0) is 25.0. The van der Waals surface area contributed by atoms with E-state index in [0.717, 1.165) is 24.6 Å². The molecule has 8 nitrogen and oxygen atoms in total. The fraction of sp³-hybridized carbons (Fsp3) is 0.357. The fourth-order valence-corrected chi connectivity index (χ4v) is 7.12. The number of benzene rings is 2. The molecule has 0 radical (unpaired) electrons. The van der Waals surface area contributed by atoms with Crippen molar-refractivity contribution in [2.45, 2.75) is 38.5 Å². The Hall–Kier alpha value is -4.12. The number of carbonyl (C=O) groups excluding carboxylic acids is 2. The van der Waals surface area contributed by atoms with Gasteiger partial charge in [-0.1, -0.05) is 12.1 Å². The van der Waals surface area contributed by atoms with E-state index in [1.54, 1.807) is 6.07 Å². The van der Waals surface area contributed by atoms with E-state index in [4.69, 9.17) is 5.26 Å². The molecule has 0 spiro atoms. The highest BCUT2D eigenvalue weighted by Crippen LogP contribution is 2.60. The van der Waals surface area contributed by atoms with Crippen LogP contribution in [0.15, 0.2) is 42.5 Å². The number of fused-ring (bicyclic) bond motifs is 1. The van der Waals surface area contributed by atoms with E-state index in [1.165, 1.54) is 37.5 Å². The fourth-order valence-electron chi connectivity index (χ4n) is 7.12. The summed E-state index contributed by atoms with van der Waals surface area (Å²) in [5.74, 6) is 0.313. The summed E-state index contributed by atoms with van der Waals surface area (Å²) in [7, 11) is 0. The molecule has 1 aromatic heterocycles. The van der Waals surface area contributed by atoms with Gasteiger partial charge in [-0.15, -0.1) is 0 Å². The lowest BCUT2D eigenvalue weighted by Crippen LogP contribution is -2.51. The third-order valence-electron chi connectivity index (χ3n) is 8.30. The lowest BCUT2D eigenvalue weighted by Gasteiger charge is -2.55. The topological polar surface area (TPSA) is 135 Å². The molecule has 0 saturated heterocycles. The summed E-state index contributed by atoms with van der Waals surface area (Å²) >= 11 is 0. The molecule has 8 heteroatoms. The predicted molar refractivity (Wildman–Crippen MR) is 134 cm³/mol. The highest BCUT2D eigenvalue weighted by molar-refractivity contribution is 6.11. The Kier molecular flexibility index (Phi) is 5.11. The Labute approximate surface area is 207 Å². The van der Waals surface area contributed by atoms with Crippen molar-refractivity contribution < 1.29 is 19.5 Å². The Morgan fingerprint density at radius 1 is 0.944 bits per heavy atom. The minimum absolute atomic E-state index is 0.0818. The molecule has 0 unspecified atom stereocenters. The molecule has 4 bridgehead atoms. The van der Waals surface area contributed by atoms with Crippen LogP contribution in [-0.2, 0) is 4.79 Å². The first-order valence-electron chi connectivity index (χ1n) is 12.4. The lowest BCUT2D eigenvalue weighted by molar-refractivity contribution is -0.140. The van der Waals surface area contributed by atoms with Gasteiger partial charge >= 0.3 is 5.97 Å². The maximum Gasteiger partial charge on any atom is 0.337 e. The van der Waals surface area contributed by atoms with Crippen LogP contribution in [0.4, 0.5) is 11.4 Å². The summed E-state index contributed by atoms with van der Waals surface area (Å²) in [5, 5.41) is 25.1. The lowest BCUT2D eigenvalue weighted by atomic mass is 9.49. The Morgan fingerprint density at radius 3 is 2.28 bits per heavy atom. The number of aromatic nitrogens is 1. The predicted octanol–water partition coefficient (Wildman–Crippen LogP) is 5.14. The van der Waals surface area contributed by atoms with Crippen molar-refractivity contribution in [2.75, 3.05) is 10.6 Å². The number of anilines is 2. The van der Waals surface area contributed by atoms with Gasteiger partial charge < -0.3 is 20.7 Å². The second-order valence-electron chi connectivity index (χ2n) is 10.7. The number of amides is 2. The van der Waals surface area contributed by atoms with Crippen molar-refractivity contribution in [1.82, 2.24) is 4.98 Å². The molecule has 4 aliphatic carbocycles. The summed E-state index contributed by atoms with van der Waals surface area (Å²) in [6, 6.07) is 13.2. The van der Waals surface area contributed by atoms with E-state index in [2.05, 4.69) is 15.6 Å². The number of carbonyl (C=O) groups is 3. The van der Waals surface area contributed by atoms with E-state index in [1.807, 2.05) is 24.3 Å². The molecule has 4 saturated carbocycles. The number of nitrogens with one attached hydrogen (secondary N) is 3. The number of para-hydroxylation sites is 1. The molecule has 4 aliphatic rings. The maximum absolute atomic E-state index is 13.6. The number of aromatic carboxylic acids is 1. The first kappa shape index (κ1) is 22.4. The van der Waals surface area contributed by atoms with Crippen LogP contribution in [0.5, 0.6) is 0 Å². The second-order valence-corrected chi connectivity index (χ2v) is 10.7. The SMILES string of the molecule is N#Cc1ccc(NC(=O)c2cc3cccc(NC(=O)C45CC6CC(CC(C6)C4)C5)c3[nH]2)c(C(=O)O)c1. The minimum Gasteiger partial charge on any atom is -0.478 e. The summed E-state index contributed by atoms with van der Waals surface area (Å²) in [4.78, 5) is 41.3. The van der Waals surface area contributed by atoms with Crippen molar-refractivity contribution in [3.05, 3.63) is 59.3 Å². The van der Waals surface area contributed by atoms with Crippen LogP contribution >= 0.6 is 0 Å². The number of carboxylic acid groups (broad SMARTS) is 1. The first-order valence-corrected chi connectivity index (χ1v) is 12.4. The molecule has 0 aliphatic heterocycles. The number of hydrogen-bond donors (Lipinski definition) is 4. The molecule has 3 aromatic rings. The van der Waals surface area contributed by atoms with E-state index in [-0.39, 0.29) is 33.8 Å². The number of nitriles is 1. The number of H-pyrrole nitrogens is 1. The maximum atomic E-state index is 13.6. The van der Waals surface area contributed by atoms with Crippen molar-refractivity contribution in [3.63, 3.8) is 0 Å². The van der Waals surface area contributed by atoms with E-state index >= 15 is 0 Å². The van der Waals surface area contributed by atoms with Gasteiger partial charge in [0.15, 0.2) is 0 Å². The van der Waals surface area contributed by atoms with Gasteiger partial charge in [-0.25, -0.2) is 4.79 Å². The van der Waals surface area contributed by atoms with E-state index in [9.17, 15) is 19.5 Å². The Morgan fingerprint density at radius 2 is 1.64 bits per heavy atom. The zero-order valence-electron chi connectivity index (χ0n) is 19.6. The van der Waals surface area contributed by atoms with Gasteiger partial charge in [0, 0.05) is 5.39 Å². The van der Waals surface area contributed by atoms with Crippen molar-refractivity contribution in [1.29, 1.82) is 5.26 Å². The quantitative estimate of drug-likeness (QED) is 0.399. The van der Waals surface area contributed by atoms with Crippen LogP contribution in [0.3, 0.4) is 0 Å². The van der Waals surface area contributed by atoms with Gasteiger partial charge in [0.25, 0.3) is 5.91 Å². The molecule has 7 rings (SSSR count). The molecule has 4 fully saturated rings. The largest absolute Gasteiger partial charge is 0.478 e. The third kappa shape index (κ3) is 3.72. The molecule has 2 aromatic carbocycles. The van der Waals surface area contributed by atoms with Gasteiger partial charge in [-0.05, 0) is 86.6 Å². The molecular formula is C28H26N4O4. The summed E-state index contributed by atoms with van der Waals surface area (Å²) in [6.45, 7) is 0. The van der Waals surface area contributed by atoms with E-state index < -0.39 is 11.9 Å². The number of aromatic amines is 1. The van der Waals surface area contributed by atoms with Crippen LogP contribution in [0.2, 0.25) is 0 Å². The van der Waals surface area contributed by atoms with Crippen LogP contribution in [0.25, 0.3) is 10.9 Å². The normalized spacial score (nSPS) is 25.9. The van der Waals surface area contributed by atoms with Crippen LogP contribution < -0.4 is 10.6 Å². The second kappa shape index (κ2) is 8.23. The minimum atomic E-state index is -1.24. The Balaban J connectivity index is 1.25. The van der Waals surface area contributed by atoms with Gasteiger partial charge in [-0.2, -0.15) is 5.26 Å². The molecule has 36 heavy (non-hydrogen) atoms. The average molecular weight is 483 g/mol. The number of carboxylic acids is 1. The highest BCUT2D eigenvalue weighted by atomic mass is 16.4. The van der Waals surface area contributed by atoms with Gasteiger partial charge in [0.2, 0.25) is 5.91 Å². The number of rotatable bonds is 5. The Bertz CT molecular complexity index is 1430. The first-order chi connectivity index (χ1) is 17.3.